The second kappa shape index (κ2) is 7.15. The second-order valence-electron chi connectivity index (χ2n) is 6.16. The Morgan fingerprint density at radius 3 is 2.74 bits per heavy atom. The second-order valence-corrected chi connectivity index (χ2v) is 7.01. The molecular formula is C20H18BrN3O3. The minimum atomic E-state index is -0.391. The summed E-state index contributed by atoms with van der Waals surface area (Å²) < 4.78 is 13.3. The number of hydrogen-bond donors (Lipinski definition) is 0. The van der Waals surface area contributed by atoms with Gasteiger partial charge in [0, 0.05) is 23.5 Å². The maximum Gasteiger partial charge on any atom is 0.359 e. The molecule has 6 nitrogen and oxygen atoms in total. The monoisotopic (exact) mass is 427 g/mol. The largest absolute Gasteiger partial charge is 0.496 e. The number of fused-ring (bicyclic) bond motifs is 3. The Kier molecular flexibility index (Phi) is 4.70. The van der Waals surface area contributed by atoms with Gasteiger partial charge in [-0.05, 0) is 65.5 Å². The summed E-state index contributed by atoms with van der Waals surface area (Å²) in [5.41, 5.74) is 5.23. The van der Waals surface area contributed by atoms with Crippen molar-refractivity contribution in [2.45, 2.75) is 19.8 Å². The zero-order valence-corrected chi connectivity index (χ0v) is 16.6. The summed E-state index contributed by atoms with van der Waals surface area (Å²) in [5, 5.41) is 4.62. The van der Waals surface area contributed by atoms with Crippen LogP contribution in [-0.2, 0) is 17.6 Å². The number of carbonyl (C=O) groups is 1. The molecule has 4 rings (SSSR count). The van der Waals surface area contributed by atoms with Gasteiger partial charge in [-0.3, -0.25) is 4.98 Å². The molecule has 1 aliphatic carbocycles. The Labute approximate surface area is 165 Å². The number of halogens is 1. The molecule has 0 radical (unpaired) electrons. The van der Waals surface area contributed by atoms with Crippen molar-refractivity contribution in [3.8, 4) is 22.7 Å². The van der Waals surface area contributed by atoms with Crippen LogP contribution in [-0.4, -0.2) is 34.5 Å². The molecular weight excluding hydrogens is 410 g/mol. The van der Waals surface area contributed by atoms with Crippen LogP contribution in [0.1, 0.15) is 28.5 Å². The highest BCUT2D eigenvalue weighted by Crippen LogP contribution is 2.41. The Morgan fingerprint density at radius 2 is 2.04 bits per heavy atom. The number of methoxy groups -OCH3 is 1. The van der Waals surface area contributed by atoms with Gasteiger partial charge in [0.1, 0.15) is 5.75 Å². The summed E-state index contributed by atoms with van der Waals surface area (Å²) in [6.07, 6.45) is 4.94. The third kappa shape index (κ3) is 3.02. The smallest absolute Gasteiger partial charge is 0.359 e. The van der Waals surface area contributed by atoms with Crippen molar-refractivity contribution in [3.63, 3.8) is 0 Å². The topological polar surface area (TPSA) is 66.2 Å². The zero-order chi connectivity index (χ0) is 19.0. The molecule has 1 aliphatic rings. The molecule has 0 saturated carbocycles. The lowest BCUT2D eigenvalue weighted by Gasteiger charge is -2.20. The number of esters is 1. The summed E-state index contributed by atoms with van der Waals surface area (Å²) in [4.78, 5) is 16.6. The van der Waals surface area contributed by atoms with Crippen LogP contribution >= 0.6 is 15.9 Å². The van der Waals surface area contributed by atoms with Crippen molar-refractivity contribution < 1.29 is 14.3 Å². The van der Waals surface area contributed by atoms with E-state index in [4.69, 9.17) is 9.47 Å². The molecule has 0 atom stereocenters. The van der Waals surface area contributed by atoms with Gasteiger partial charge in [-0.1, -0.05) is 0 Å². The molecule has 138 valence electrons. The first-order valence-corrected chi connectivity index (χ1v) is 9.49. The van der Waals surface area contributed by atoms with Crippen LogP contribution in [0.2, 0.25) is 0 Å². The fraction of sp³-hybridized carbons (Fsp3) is 0.250. The molecule has 0 amide bonds. The molecule has 0 N–H and O–H groups in total. The van der Waals surface area contributed by atoms with Crippen molar-refractivity contribution in [1.82, 2.24) is 14.8 Å². The van der Waals surface area contributed by atoms with E-state index < -0.39 is 5.97 Å². The highest BCUT2D eigenvalue weighted by molar-refractivity contribution is 9.10. The molecule has 0 unspecified atom stereocenters. The van der Waals surface area contributed by atoms with Crippen molar-refractivity contribution in [1.29, 1.82) is 0 Å². The van der Waals surface area contributed by atoms with Crippen LogP contribution in [0.3, 0.4) is 0 Å². The summed E-state index contributed by atoms with van der Waals surface area (Å²) in [6, 6.07) is 7.81. The van der Waals surface area contributed by atoms with Crippen LogP contribution in [0.4, 0.5) is 0 Å². The van der Waals surface area contributed by atoms with Crippen molar-refractivity contribution in [3.05, 3.63) is 58.0 Å². The molecule has 2 aromatic heterocycles. The Hall–Kier alpha value is -2.67. The van der Waals surface area contributed by atoms with Crippen LogP contribution in [0, 0.1) is 0 Å². The van der Waals surface area contributed by atoms with Gasteiger partial charge in [0.05, 0.1) is 29.6 Å². The SMILES string of the molecule is CCOC(=O)c1nn(-c2ccncc2)c2c1CCc1cc(OC)c(Br)cc1-2. The summed E-state index contributed by atoms with van der Waals surface area (Å²) >= 11 is 3.57. The van der Waals surface area contributed by atoms with Crippen LogP contribution < -0.4 is 4.74 Å². The number of rotatable bonds is 4. The fourth-order valence-electron chi connectivity index (χ4n) is 3.44. The van der Waals surface area contributed by atoms with Crippen LogP contribution in [0.5, 0.6) is 5.75 Å². The summed E-state index contributed by atoms with van der Waals surface area (Å²) in [5.74, 6) is 0.398. The minimum Gasteiger partial charge on any atom is -0.496 e. The van der Waals surface area contributed by atoms with E-state index in [1.807, 2.05) is 24.3 Å². The number of hydrogen-bond acceptors (Lipinski definition) is 5. The first kappa shape index (κ1) is 17.7. The number of ether oxygens (including phenoxy) is 2. The molecule has 7 heteroatoms. The minimum absolute atomic E-state index is 0.315. The molecule has 0 spiro atoms. The van der Waals surface area contributed by atoms with Gasteiger partial charge in [0.15, 0.2) is 5.69 Å². The van der Waals surface area contributed by atoms with Gasteiger partial charge in [-0.2, -0.15) is 5.10 Å². The lowest BCUT2D eigenvalue weighted by molar-refractivity contribution is 0.0517. The van der Waals surface area contributed by atoms with Gasteiger partial charge >= 0.3 is 5.97 Å². The van der Waals surface area contributed by atoms with Crippen LogP contribution in [0.15, 0.2) is 41.1 Å². The van der Waals surface area contributed by atoms with Crippen LogP contribution in [0.25, 0.3) is 16.9 Å². The standard InChI is InChI=1S/C20H18BrN3O3/c1-3-27-20(25)18-14-5-4-12-10-17(26-2)16(21)11-15(12)19(14)24(23-18)13-6-8-22-9-7-13/h6-11H,3-5H2,1-2H3. The Bertz CT molecular complexity index is 1020. The fourth-order valence-corrected chi connectivity index (χ4v) is 3.94. The van der Waals surface area contributed by atoms with Crippen molar-refractivity contribution >= 4 is 21.9 Å². The van der Waals surface area contributed by atoms with E-state index in [0.29, 0.717) is 18.7 Å². The quantitative estimate of drug-likeness (QED) is 0.589. The Balaban J connectivity index is 1.97. The molecule has 3 aromatic rings. The zero-order valence-electron chi connectivity index (χ0n) is 15.0. The molecule has 27 heavy (non-hydrogen) atoms. The van der Waals surface area contributed by atoms with E-state index in [1.54, 1.807) is 31.1 Å². The normalized spacial score (nSPS) is 12.3. The van der Waals surface area contributed by atoms with E-state index in [1.165, 1.54) is 0 Å². The molecule has 2 heterocycles. The van der Waals surface area contributed by atoms with Crippen molar-refractivity contribution in [2.24, 2.45) is 0 Å². The lowest BCUT2D eigenvalue weighted by Crippen LogP contribution is -2.11. The molecule has 1 aromatic carbocycles. The third-order valence-electron chi connectivity index (χ3n) is 4.64. The number of carbonyl (C=O) groups excluding carboxylic acids is 1. The molecule has 0 saturated heterocycles. The highest BCUT2D eigenvalue weighted by atomic mass is 79.9. The van der Waals surface area contributed by atoms with Gasteiger partial charge in [-0.15, -0.1) is 0 Å². The van der Waals surface area contributed by atoms with E-state index in [2.05, 4.69) is 26.0 Å². The number of aryl methyl sites for hydroxylation is 1. The number of nitrogens with zero attached hydrogens (tertiary/aromatic N) is 3. The summed E-state index contributed by atoms with van der Waals surface area (Å²) in [7, 11) is 1.65. The average molecular weight is 428 g/mol. The van der Waals surface area contributed by atoms with Crippen molar-refractivity contribution in [2.75, 3.05) is 13.7 Å². The average Bonchev–Trinajstić information content (AvgIpc) is 3.08. The number of aromatic nitrogens is 3. The highest BCUT2D eigenvalue weighted by Gasteiger charge is 2.30. The maximum absolute atomic E-state index is 12.5. The Morgan fingerprint density at radius 1 is 1.26 bits per heavy atom. The first-order chi connectivity index (χ1) is 13.1. The lowest BCUT2D eigenvalue weighted by atomic mass is 9.88. The molecule has 0 bridgehead atoms. The van der Waals surface area contributed by atoms with E-state index >= 15 is 0 Å². The predicted molar refractivity (Wildman–Crippen MR) is 104 cm³/mol. The predicted octanol–water partition coefficient (Wildman–Crippen LogP) is 3.98. The van der Waals surface area contributed by atoms with E-state index in [0.717, 1.165) is 44.7 Å². The first-order valence-electron chi connectivity index (χ1n) is 8.70. The maximum atomic E-state index is 12.5. The van der Waals surface area contributed by atoms with Gasteiger partial charge < -0.3 is 9.47 Å². The molecule has 0 fully saturated rings. The summed E-state index contributed by atoms with van der Waals surface area (Å²) in [6.45, 7) is 2.11. The third-order valence-corrected chi connectivity index (χ3v) is 5.26. The number of benzene rings is 1. The van der Waals surface area contributed by atoms with E-state index in [-0.39, 0.29) is 0 Å². The van der Waals surface area contributed by atoms with Gasteiger partial charge in [0.2, 0.25) is 0 Å². The van der Waals surface area contributed by atoms with Gasteiger partial charge in [-0.25, -0.2) is 9.48 Å². The van der Waals surface area contributed by atoms with Gasteiger partial charge in [0.25, 0.3) is 0 Å². The van der Waals surface area contributed by atoms with E-state index in [9.17, 15) is 4.79 Å². The molecule has 0 aliphatic heterocycles. The number of pyridine rings is 1.